The van der Waals surface area contributed by atoms with Gasteiger partial charge in [0.15, 0.2) is 0 Å². The highest BCUT2D eigenvalue weighted by molar-refractivity contribution is 5.98. The molecule has 4 rings (SSSR count). The first-order valence-electron chi connectivity index (χ1n) is 9.42. The van der Waals surface area contributed by atoms with Crippen molar-refractivity contribution in [2.24, 2.45) is 5.92 Å². The van der Waals surface area contributed by atoms with Gasteiger partial charge in [-0.2, -0.15) is 0 Å². The lowest BCUT2D eigenvalue weighted by molar-refractivity contribution is 0.0616. The van der Waals surface area contributed by atoms with Crippen molar-refractivity contribution >= 4 is 16.8 Å². The zero-order valence-corrected chi connectivity index (χ0v) is 15.2. The van der Waals surface area contributed by atoms with Gasteiger partial charge in [0.1, 0.15) is 18.1 Å². The van der Waals surface area contributed by atoms with Crippen LogP contribution in [0.1, 0.15) is 28.9 Å². The van der Waals surface area contributed by atoms with E-state index in [1.54, 1.807) is 0 Å². The molecule has 1 unspecified atom stereocenters. The third-order valence-electron chi connectivity index (χ3n) is 5.14. The topological polar surface area (TPSA) is 65.6 Å². The largest absolute Gasteiger partial charge is 0.489 e. The van der Waals surface area contributed by atoms with Crippen LogP contribution in [0.25, 0.3) is 10.9 Å². The van der Waals surface area contributed by atoms with Crippen molar-refractivity contribution in [3.05, 3.63) is 65.9 Å². The molecule has 1 saturated heterocycles. The highest BCUT2D eigenvalue weighted by Crippen LogP contribution is 2.24. The second-order valence-electron chi connectivity index (χ2n) is 7.15. The lowest BCUT2D eigenvalue weighted by Gasteiger charge is -2.31. The highest BCUT2D eigenvalue weighted by Gasteiger charge is 2.25. The summed E-state index contributed by atoms with van der Waals surface area (Å²) >= 11 is 0. The van der Waals surface area contributed by atoms with Gasteiger partial charge in [-0.05, 0) is 42.5 Å². The standard InChI is InChI=1S/C22H24N2O3/c25-14-17-7-4-10-24(13-17)22(26)21-11-18-8-9-19(12-20(18)23-21)27-15-16-5-2-1-3-6-16/h1-3,5-6,8-9,11-12,17,23,25H,4,7,10,13-15H2. The zero-order chi connectivity index (χ0) is 18.6. The molecule has 1 aliphatic rings. The third-order valence-corrected chi connectivity index (χ3v) is 5.14. The molecule has 0 radical (unpaired) electrons. The molecule has 2 aromatic carbocycles. The normalized spacial score (nSPS) is 17.2. The molecule has 0 bridgehead atoms. The second kappa shape index (κ2) is 7.84. The van der Waals surface area contributed by atoms with E-state index in [1.165, 1.54) is 0 Å². The van der Waals surface area contributed by atoms with Gasteiger partial charge in [0.2, 0.25) is 0 Å². The maximum Gasteiger partial charge on any atom is 0.270 e. The molecular weight excluding hydrogens is 340 g/mol. The summed E-state index contributed by atoms with van der Waals surface area (Å²) < 4.78 is 5.87. The minimum Gasteiger partial charge on any atom is -0.489 e. The smallest absolute Gasteiger partial charge is 0.270 e. The number of amides is 1. The van der Waals surface area contributed by atoms with E-state index < -0.39 is 0 Å². The number of nitrogens with one attached hydrogen (secondary N) is 1. The van der Waals surface area contributed by atoms with Crippen LogP contribution in [0.2, 0.25) is 0 Å². The number of carbonyl (C=O) groups is 1. The summed E-state index contributed by atoms with van der Waals surface area (Å²) in [5.74, 6) is 0.951. The van der Waals surface area contributed by atoms with Crippen LogP contribution < -0.4 is 4.74 Å². The van der Waals surface area contributed by atoms with Crippen molar-refractivity contribution in [1.29, 1.82) is 0 Å². The second-order valence-corrected chi connectivity index (χ2v) is 7.15. The lowest BCUT2D eigenvalue weighted by Crippen LogP contribution is -2.41. The molecule has 5 nitrogen and oxygen atoms in total. The van der Waals surface area contributed by atoms with Crippen LogP contribution in [-0.2, 0) is 6.61 Å². The van der Waals surface area contributed by atoms with E-state index in [2.05, 4.69) is 4.98 Å². The molecule has 2 heterocycles. The maximum absolute atomic E-state index is 12.8. The molecule has 1 amide bonds. The fourth-order valence-corrected chi connectivity index (χ4v) is 3.62. The van der Waals surface area contributed by atoms with E-state index in [-0.39, 0.29) is 18.4 Å². The Kier molecular flexibility index (Phi) is 5.12. The molecule has 3 aromatic rings. The van der Waals surface area contributed by atoms with Gasteiger partial charge in [-0.25, -0.2) is 0 Å². The minimum atomic E-state index is -0.00361. The number of piperidine rings is 1. The average molecular weight is 364 g/mol. The number of hydrogen-bond acceptors (Lipinski definition) is 3. The molecular formula is C22H24N2O3. The van der Waals surface area contributed by atoms with Crippen molar-refractivity contribution in [3.63, 3.8) is 0 Å². The van der Waals surface area contributed by atoms with Gasteiger partial charge in [-0.15, -0.1) is 0 Å². The first kappa shape index (κ1) is 17.6. The summed E-state index contributed by atoms with van der Waals surface area (Å²) in [7, 11) is 0. The molecule has 2 N–H and O–H groups in total. The third kappa shape index (κ3) is 3.98. The van der Waals surface area contributed by atoms with E-state index in [9.17, 15) is 9.90 Å². The number of aliphatic hydroxyl groups is 1. The Morgan fingerprint density at radius 3 is 2.85 bits per heavy atom. The number of benzene rings is 2. The molecule has 27 heavy (non-hydrogen) atoms. The highest BCUT2D eigenvalue weighted by atomic mass is 16.5. The van der Waals surface area contributed by atoms with E-state index in [1.807, 2.05) is 59.5 Å². The molecule has 5 heteroatoms. The predicted molar refractivity (Wildman–Crippen MR) is 105 cm³/mol. The molecule has 1 atom stereocenters. The molecule has 1 aromatic heterocycles. The van der Waals surface area contributed by atoms with Gasteiger partial charge < -0.3 is 19.7 Å². The number of ether oxygens (including phenoxy) is 1. The van der Waals surface area contributed by atoms with Gasteiger partial charge in [0, 0.05) is 36.7 Å². The van der Waals surface area contributed by atoms with Crippen LogP contribution in [0.3, 0.4) is 0 Å². The van der Waals surface area contributed by atoms with Crippen molar-refractivity contribution in [2.75, 3.05) is 19.7 Å². The van der Waals surface area contributed by atoms with Crippen LogP contribution in [0.5, 0.6) is 5.75 Å². The van der Waals surface area contributed by atoms with Crippen molar-refractivity contribution in [1.82, 2.24) is 9.88 Å². The first-order chi connectivity index (χ1) is 13.2. The summed E-state index contributed by atoms with van der Waals surface area (Å²) in [6.07, 6.45) is 1.92. The molecule has 140 valence electrons. The van der Waals surface area contributed by atoms with E-state index >= 15 is 0 Å². The fourth-order valence-electron chi connectivity index (χ4n) is 3.62. The summed E-state index contributed by atoms with van der Waals surface area (Å²) in [5, 5.41) is 10.4. The Morgan fingerprint density at radius 1 is 1.19 bits per heavy atom. The number of nitrogens with zero attached hydrogens (tertiary/aromatic N) is 1. The van der Waals surface area contributed by atoms with Gasteiger partial charge >= 0.3 is 0 Å². The van der Waals surface area contributed by atoms with E-state index in [0.29, 0.717) is 18.8 Å². The number of aliphatic hydroxyl groups excluding tert-OH is 1. The number of aromatic amines is 1. The number of carbonyl (C=O) groups excluding carboxylic acids is 1. The summed E-state index contributed by atoms with van der Waals surface area (Å²) in [4.78, 5) is 17.9. The number of fused-ring (bicyclic) bond motifs is 1. The van der Waals surface area contributed by atoms with Crippen molar-refractivity contribution in [3.8, 4) is 5.75 Å². The summed E-state index contributed by atoms with van der Waals surface area (Å²) in [6, 6.07) is 17.7. The lowest BCUT2D eigenvalue weighted by atomic mass is 9.99. The monoisotopic (exact) mass is 364 g/mol. The Bertz CT molecular complexity index is 920. The number of H-pyrrole nitrogens is 1. The molecule has 1 fully saturated rings. The van der Waals surface area contributed by atoms with Crippen LogP contribution >= 0.6 is 0 Å². The predicted octanol–water partition coefficient (Wildman–Crippen LogP) is 3.59. The van der Waals surface area contributed by atoms with Crippen molar-refractivity contribution in [2.45, 2.75) is 19.4 Å². The zero-order valence-electron chi connectivity index (χ0n) is 15.2. The van der Waals surface area contributed by atoms with Gasteiger partial charge in [-0.3, -0.25) is 4.79 Å². The Labute approximate surface area is 158 Å². The number of rotatable bonds is 5. The van der Waals surface area contributed by atoms with Crippen LogP contribution in [0.4, 0.5) is 0 Å². The quantitative estimate of drug-likeness (QED) is 0.727. The molecule has 0 spiro atoms. The van der Waals surface area contributed by atoms with Crippen LogP contribution in [-0.4, -0.2) is 40.6 Å². The number of aromatic nitrogens is 1. The maximum atomic E-state index is 12.8. The SMILES string of the molecule is O=C(c1cc2ccc(OCc3ccccc3)cc2[nH]1)N1CCCC(CO)C1. The fraction of sp³-hybridized carbons (Fsp3) is 0.318. The number of hydrogen-bond donors (Lipinski definition) is 2. The van der Waals surface area contributed by atoms with Crippen LogP contribution in [0.15, 0.2) is 54.6 Å². The molecule has 0 aliphatic carbocycles. The Balaban J connectivity index is 1.48. The number of likely N-dealkylation sites (tertiary alicyclic amines) is 1. The Morgan fingerprint density at radius 2 is 2.04 bits per heavy atom. The average Bonchev–Trinajstić information content (AvgIpc) is 3.16. The van der Waals surface area contributed by atoms with Crippen molar-refractivity contribution < 1.29 is 14.6 Å². The van der Waals surface area contributed by atoms with Gasteiger partial charge in [0.25, 0.3) is 5.91 Å². The van der Waals surface area contributed by atoms with Crippen LogP contribution in [0, 0.1) is 5.92 Å². The molecule has 1 aliphatic heterocycles. The van der Waals surface area contributed by atoms with Gasteiger partial charge in [-0.1, -0.05) is 30.3 Å². The van der Waals surface area contributed by atoms with E-state index in [0.717, 1.165) is 41.6 Å². The first-order valence-corrected chi connectivity index (χ1v) is 9.42. The summed E-state index contributed by atoms with van der Waals surface area (Å²) in [6.45, 7) is 2.01. The Hall–Kier alpha value is -2.79. The minimum absolute atomic E-state index is 0.00361. The molecule has 0 saturated carbocycles. The summed E-state index contributed by atoms with van der Waals surface area (Å²) in [5.41, 5.74) is 2.59. The van der Waals surface area contributed by atoms with E-state index in [4.69, 9.17) is 4.74 Å². The van der Waals surface area contributed by atoms with Gasteiger partial charge in [0.05, 0.1) is 0 Å².